The van der Waals surface area contributed by atoms with Gasteiger partial charge in [-0.25, -0.2) is 0 Å². The van der Waals surface area contributed by atoms with Gasteiger partial charge in [-0.15, -0.1) is 11.3 Å². The highest BCUT2D eigenvalue weighted by Crippen LogP contribution is 2.33. The Hall–Kier alpha value is -1.86. The molecule has 4 rings (SSSR count). The highest BCUT2D eigenvalue weighted by Gasteiger charge is 2.39. The molecule has 0 aliphatic carbocycles. The number of carbonyl (C=O) groups excluding carboxylic acids is 1. The summed E-state index contributed by atoms with van der Waals surface area (Å²) in [4.78, 5) is 13.8. The number of rotatable bonds is 3. The first-order valence-corrected chi connectivity index (χ1v) is 9.06. The molecule has 2 fully saturated rings. The quantitative estimate of drug-likeness (QED) is 0.860. The number of carbonyl (C=O) groups is 1. The lowest BCUT2D eigenvalue weighted by molar-refractivity contribution is -0.137. The first-order valence-electron chi connectivity index (χ1n) is 8.24. The van der Waals surface area contributed by atoms with Crippen molar-refractivity contribution < 1.29 is 18.0 Å². The lowest BCUT2D eigenvalue weighted by Gasteiger charge is -2.20. The molecule has 25 heavy (non-hydrogen) atoms. The number of hydrogen-bond donors (Lipinski definition) is 2. The highest BCUT2D eigenvalue weighted by molar-refractivity contribution is 7.17. The van der Waals surface area contributed by atoms with Crippen LogP contribution in [0.2, 0.25) is 0 Å². The Morgan fingerprint density at radius 2 is 1.88 bits per heavy atom. The van der Waals surface area contributed by atoms with Gasteiger partial charge in [-0.05, 0) is 49.1 Å². The first kappa shape index (κ1) is 16.6. The molecule has 3 heterocycles. The fourth-order valence-electron chi connectivity index (χ4n) is 3.66. The summed E-state index contributed by atoms with van der Waals surface area (Å²) in [7, 11) is 0. The first-order chi connectivity index (χ1) is 11.9. The molecule has 2 aliphatic heterocycles. The van der Waals surface area contributed by atoms with Crippen molar-refractivity contribution in [3.63, 3.8) is 0 Å². The monoisotopic (exact) mass is 366 g/mol. The molecule has 2 N–H and O–H groups in total. The molecule has 132 valence electrons. The van der Waals surface area contributed by atoms with E-state index in [1.807, 2.05) is 0 Å². The van der Waals surface area contributed by atoms with Gasteiger partial charge in [-0.3, -0.25) is 4.79 Å². The summed E-state index contributed by atoms with van der Waals surface area (Å²) in [5.41, 5.74) is 0.00759. The molecule has 0 spiro atoms. The van der Waals surface area contributed by atoms with E-state index in [2.05, 4.69) is 10.6 Å². The van der Waals surface area contributed by atoms with Gasteiger partial charge in [0.15, 0.2) is 0 Å². The molecule has 7 heteroatoms. The second kappa shape index (κ2) is 6.14. The number of benzene rings is 1. The second-order valence-electron chi connectivity index (χ2n) is 6.60. The fraction of sp³-hybridized carbons (Fsp3) is 0.389. The summed E-state index contributed by atoms with van der Waals surface area (Å²) in [6.07, 6.45) is -1.10. The minimum absolute atomic E-state index is 0.109. The summed E-state index contributed by atoms with van der Waals surface area (Å²) in [5, 5.41) is 6.56. The maximum Gasteiger partial charge on any atom is 0.416 e. The van der Waals surface area contributed by atoms with Crippen molar-refractivity contribution >= 4 is 17.2 Å². The van der Waals surface area contributed by atoms with Crippen molar-refractivity contribution in [1.29, 1.82) is 0 Å². The van der Waals surface area contributed by atoms with E-state index in [4.69, 9.17) is 0 Å². The summed E-state index contributed by atoms with van der Waals surface area (Å²) in [6.45, 7) is 0. The average Bonchev–Trinajstić information content (AvgIpc) is 3.30. The molecule has 2 bridgehead atoms. The van der Waals surface area contributed by atoms with Gasteiger partial charge >= 0.3 is 6.18 Å². The third-order valence-electron chi connectivity index (χ3n) is 4.94. The largest absolute Gasteiger partial charge is 0.416 e. The van der Waals surface area contributed by atoms with Gasteiger partial charge in [0.05, 0.1) is 10.4 Å². The van der Waals surface area contributed by atoms with Gasteiger partial charge in [0.25, 0.3) is 5.91 Å². The van der Waals surface area contributed by atoms with Crippen LogP contribution in [-0.2, 0) is 6.18 Å². The SMILES string of the molecule is O=C(NC1CC2CCC1N2)c1ccc(-c2ccc(C(F)(F)F)cc2)s1. The van der Waals surface area contributed by atoms with Gasteiger partial charge in [-0.2, -0.15) is 13.2 Å². The molecule has 2 aromatic rings. The van der Waals surface area contributed by atoms with Gasteiger partial charge in [0.1, 0.15) is 0 Å². The maximum atomic E-state index is 12.6. The number of halogens is 3. The van der Waals surface area contributed by atoms with Crippen LogP contribution in [0.1, 0.15) is 34.5 Å². The van der Waals surface area contributed by atoms with Gasteiger partial charge in [0.2, 0.25) is 0 Å². The Kier molecular flexibility index (Phi) is 4.08. The molecule has 3 unspecified atom stereocenters. The smallest absolute Gasteiger partial charge is 0.347 e. The van der Waals surface area contributed by atoms with Gasteiger partial charge in [0, 0.05) is 23.0 Å². The summed E-state index contributed by atoms with van der Waals surface area (Å²) in [5.74, 6) is -0.109. The van der Waals surface area contributed by atoms with E-state index in [1.165, 1.54) is 29.9 Å². The highest BCUT2D eigenvalue weighted by atomic mass is 32.1. The number of fused-ring (bicyclic) bond motifs is 2. The minimum Gasteiger partial charge on any atom is -0.347 e. The van der Waals surface area contributed by atoms with Crippen molar-refractivity contribution in [3.05, 3.63) is 46.8 Å². The van der Waals surface area contributed by atoms with E-state index >= 15 is 0 Å². The van der Waals surface area contributed by atoms with Crippen LogP contribution in [0.4, 0.5) is 13.2 Å². The summed E-state index contributed by atoms with van der Waals surface area (Å²) < 4.78 is 37.9. The van der Waals surface area contributed by atoms with Crippen molar-refractivity contribution in [1.82, 2.24) is 10.6 Å². The topological polar surface area (TPSA) is 41.1 Å². The molecular formula is C18H17F3N2OS. The molecule has 0 saturated carbocycles. The standard InChI is InChI=1S/C18H17F3N2OS/c19-18(20,21)11-3-1-10(2-4-11)15-7-8-16(25-15)17(24)23-14-9-12-5-6-13(14)22-12/h1-4,7-8,12-14,22H,5-6,9H2,(H,23,24). The van der Waals surface area contributed by atoms with Crippen molar-refractivity contribution in [2.24, 2.45) is 0 Å². The van der Waals surface area contributed by atoms with Crippen LogP contribution in [0, 0.1) is 0 Å². The van der Waals surface area contributed by atoms with E-state index in [0.717, 1.165) is 29.9 Å². The van der Waals surface area contributed by atoms with E-state index in [1.54, 1.807) is 12.1 Å². The summed E-state index contributed by atoms with van der Waals surface area (Å²) >= 11 is 1.30. The molecule has 2 saturated heterocycles. The predicted molar refractivity (Wildman–Crippen MR) is 90.6 cm³/mol. The van der Waals surface area contributed by atoms with Crippen molar-refractivity contribution in [2.45, 2.75) is 43.6 Å². The van der Waals surface area contributed by atoms with Crippen LogP contribution >= 0.6 is 11.3 Å². The fourth-order valence-corrected chi connectivity index (χ4v) is 4.58. The second-order valence-corrected chi connectivity index (χ2v) is 7.69. The molecule has 0 radical (unpaired) electrons. The lowest BCUT2D eigenvalue weighted by atomic mass is 9.95. The zero-order valence-corrected chi connectivity index (χ0v) is 14.1. The van der Waals surface area contributed by atoms with Crippen LogP contribution in [0.3, 0.4) is 0 Å². The number of nitrogens with one attached hydrogen (secondary N) is 2. The Balaban J connectivity index is 1.45. The van der Waals surface area contributed by atoms with E-state index < -0.39 is 11.7 Å². The van der Waals surface area contributed by atoms with Gasteiger partial charge in [-0.1, -0.05) is 12.1 Å². The van der Waals surface area contributed by atoms with E-state index in [0.29, 0.717) is 22.5 Å². The molecular weight excluding hydrogens is 349 g/mol. The third-order valence-corrected chi connectivity index (χ3v) is 6.08. The molecule has 1 amide bonds. The lowest BCUT2D eigenvalue weighted by Crippen LogP contribution is -2.42. The molecule has 1 aromatic carbocycles. The number of thiophene rings is 1. The van der Waals surface area contributed by atoms with E-state index in [-0.39, 0.29) is 11.9 Å². The van der Waals surface area contributed by atoms with Crippen LogP contribution in [0.15, 0.2) is 36.4 Å². The van der Waals surface area contributed by atoms with Crippen LogP contribution in [0.25, 0.3) is 10.4 Å². The Bertz CT molecular complexity index is 784. The Morgan fingerprint density at radius 1 is 1.12 bits per heavy atom. The molecule has 3 nitrogen and oxygen atoms in total. The summed E-state index contributed by atoms with van der Waals surface area (Å²) in [6, 6.07) is 9.57. The maximum absolute atomic E-state index is 12.6. The van der Waals surface area contributed by atoms with Crippen LogP contribution in [0.5, 0.6) is 0 Å². The number of hydrogen-bond acceptors (Lipinski definition) is 3. The zero-order valence-electron chi connectivity index (χ0n) is 13.3. The number of alkyl halides is 3. The zero-order chi connectivity index (χ0) is 17.6. The van der Waals surface area contributed by atoms with Crippen LogP contribution < -0.4 is 10.6 Å². The predicted octanol–water partition coefficient (Wildman–Crippen LogP) is 4.06. The minimum atomic E-state index is -4.34. The Labute approximate surface area is 147 Å². The molecule has 3 atom stereocenters. The third kappa shape index (κ3) is 3.30. The van der Waals surface area contributed by atoms with Crippen LogP contribution in [-0.4, -0.2) is 24.0 Å². The molecule has 2 aliphatic rings. The van der Waals surface area contributed by atoms with Crippen molar-refractivity contribution in [2.75, 3.05) is 0 Å². The van der Waals surface area contributed by atoms with Gasteiger partial charge < -0.3 is 10.6 Å². The van der Waals surface area contributed by atoms with Crippen molar-refractivity contribution in [3.8, 4) is 10.4 Å². The number of amides is 1. The van der Waals surface area contributed by atoms with E-state index in [9.17, 15) is 18.0 Å². The Morgan fingerprint density at radius 3 is 2.48 bits per heavy atom. The molecule has 1 aromatic heterocycles. The normalized spacial score (nSPS) is 25.3. The average molecular weight is 366 g/mol.